The molecule has 0 aliphatic heterocycles. The van der Waals surface area contributed by atoms with Crippen LogP contribution in [-0.4, -0.2) is 11.7 Å². The van der Waals surface area contributed by atoms with Crippen LogP contribution >= 0.6 is 0 Å². The van der Waals surface area contributed by atoms with Crippen molar-refractivity contribution in [2.75, 3.05) is 6.54 Å². The highest BCUT2D eigenvalue weighted by Crippen LogP contribution is 2.09. The fraction of sp³-hybridized carbons (Fsp3) is 0.222. The lowest BCUT2D eigenvalue weighted by atomic mass is 10.1. The average Bonchev–Trinajstić information content (AvgIpc) is 2.15. The Hall–Kier alpha value is -1.53. The molecule has 1 aromatic rings. The summed E-state index contributed by atoms with van der Waals surface area (Å²) >= 11 is 0. The second-order valence-corrected chi connectivity index (χ2v) is 2.42. The summed E-state index contributed by atoms with van der Waals surface area (Å²) in [7, 11) is 0. The van der Waals surface area contributed by atoms with Crippen LogP contribution in [0.1, 0.15) is 11.7 Å². The topological polar surface area (TPSA) is 56.0 Å². The van der Waals surface area contributed by atoms with Crippen LogP contribution in [0.25, 0.3) is 0 Å². The van der Waals surface area contributed by atoms with Crippen molar-refractivity contribution in [1.29, 1.82) is 5.26 Å². The highest BCUT2D eigenvalue weighted by molar-refractivity contribution is 5.17. The fourth-order valence-corrected chi connectivity index (χ4v) is 0.935. The van der Waals surface area contributed by atoms with Gasteiger partial charge in [0, 0.05) is 0 Å². The first-order valence-corrected chi connectivity index (χ1v) is 3.69. The van der Waals surface area contributed by atoms with E-state index in [2.05, 4.69) is 5.32 Å². The van der Waals surface area contributed by atoms with Crippen LogP contribution in [0.15, 0.2) is 30.3 Å². The first-order valence-electron chi connectivity index (χ1n) is 3.69. The summed E-state index contributed by atoms with van der Waals surface area (Å²) in [6.45, 7) is 0.264. The molecule has 0 bridgehead atoms. The monoisotopic (exact) mass is 161 g/mol. The highest BCUT2D eigenvalue weighted by Gasteiger charge is 2.04. The molecule has 0 amide bonds. The Labute approximate surface area is 71.3 Å². The van der Waals surface area contributed by atoms with E-state index in [9.17, 15) is 5.11 Å². The zero-order valence-corrected chi connectivity index (χ0v) is 6.57. The van der Waals surface area contributed by atoms with Crippen molar-refractivity contribution in [2.24, 2.45) is 0 Å². The molecule has 0 spiro atoms. The Bertz CT molecular complexity index is 266. The number of aliphatic hydroxyl groups is 1. The smallest absolute Gasteiger partial charge is 0.176 e. The summed E-state index contributed by atoms with van der Waals surface area (Å²) in [5, 5.41) is 20.0. The van der Waals surface area contributed by atoms with Gasteiger partial charge in [-0.15, -0.1) is 0 Å². The SMILES string of the molecule is N#[11C]NCC(O)c1ccccc1. The van der Waals surface area contributed by atoms with Gasteiger partial charge in [-0.2, -0.15) is 5.26 Å². The first kappa shape index (κ1) is 8.57. The van der Waals surface area contributed by atoms with Crippen LogP contribution < -0.4 is 5.32 Å². The van der Waals surface area contributed by atoms with Crippen LogP contribution in [0.2, 0.25) is 0 Å². The van der Waals surface area contributed by atoms with Gasteiger partial charge in [0.2, 0.25) is 0 Å². The Morgan fingerprint density at radius 1 is 1.42 bits per heavy atom. The van der Waals surface area contributed by atoms with E-state index >= 15 is 0 Å². The van der Waals surface area contributed by atoms with Crippen molar-refractivity contribution >= 4 is 0 Å². The first-order chi connectivity index (χ1) is 5.84. The number of nitrogens with zero attached hydrogens (tertiary/aromatic N) is 1. The third-order valence-corrected chi connectivity index (χ3v) is 1.56. The lowest BCUT2D eigenvalue weighted by Gasteiger charge is -2.08. The number of aliphatic hydroxyl groups excluding tert-OH is 1. The summed E-state index contributed by atoms with van der Waals surface area (Å²) < 4.78 is 0. The molecule has 2 N–H and O–H groups in total. The lowest BCUT2D eigenvalue weighted by molar-refractivity contribution is 0.180. The maximum atomic E-state index is 9.44. The highest BCUT2D eigenvalue weighted by atomic mass is 16.3. The van der Waals surface area contributed by atoms with Crippen LogP contribution in [-0.2, 0) is 0 Å². The zero-order chi connectivity index (χ0) is 8.81. The Kier molecular flexibility index (Phi) is 3.12. The van der Waals surface area contributed by atoms with Gasteiger partial charge in [-0.3, -0.25) is 0 Å². The van der Waals surface area contributed by atoms with E-state index in [4.69, 9.17) is 5.26 Å². The molecule has 1 atom stereocenters. The number of rotatable bonds is 3. The van der Waals surface area contributed by atoms with Crippen LogP contribution in [0, 0.1) is 11.5 Å². The number of benzene rings is 1. The molecular weight excluding hydrogens is 151 g/mol. The minimum absolute atomic E-state index is 0.264. The molecule has 1 rings (SSSR count). The van der Waals surface area contributed by atoms with E-state index < -0.39 is 6.10 Å². The predicted molar refractivity (Wildman–Crippen MR) is 45.0 cm³/mol. The van der Waals surface area contributed by atoms with E-state index in [1.54, 1.807) is 6.19 Å². The molecule has 12 heavy (non-hydrogen) atoms. The minimum Gasteiger partial charge on any atom is -0.387 e. The maximum Gasteiger partial charge on any atom is 0.176 e. The molecule has 0 aliphatic carbocycles. The molecule has 3 nitrogen and oxygen atoms in total. The molecule has 0 radical (unpaired) electrons. The van der Waals surface area contributed by atoms with Gasteiger partial charge in [-0.1, -0.05) is 30.3 Å². The number of nitrogens with one attached hydrogen (secondary N) is 1. The molecule has 0 saturated carbocycles. The number of hydrogen-bond acceptors (Lipinski definition) is 3. The summed E-state index contributed by atoms with van der Waals surface area (Å²) in [5.74, 6) is 0. The van der Waals surface area contributed by atoms with Crippen LogP contribution in [0.5, 0.6) is 0 Å². The molecule has 0 aliphatic rings. The molecule has 1 aromatic carbocycles. The van der Waals surface area contributed by atoms with E-state index in [0.29, 0.717) is 0 Å². The Balaban J connectivity index is 2.55. The van der Waals surface area contributed by atoms with Crippen molar-refractivity contribution in [1.82, 2.24) is 5.32 Å². The second kappa shape index (κ2) is 4.37. The zero-order valence-electron chi connectivity index (χ0n) is 6.57. The summed E-state index contributed by atoms with van der Waals surface area (Å²) in [6.07, 6.45) is 1.15. The van der Waals surface area contributed by atoms with Crippen molar-refractivity contribution in [3.05, 3.63) is 35.9 Å². The third-order valence-electron chi connectivity index (χ3n) is 1.56. The summed E-state index contributed by atoms with van der Waals surface area (Å²) in [4.78, 5) is 0. The van der Waals surface area contributed by atoms with Gasteiger partial charge in [-0.25, -0.2) is 0 Å². The van der Waals surface area contributed by atoms with Gasteiger partial charge in [0.15, 0.2) is 6.19 Å². The Morgan fingerprint density at radius 2 is 2.08 bits per heavy atom. The molecule has 0 saturated heterocycles. The van der Waals surface area contributed by atoms with Crippen molar-refractivity contribution in [3.63, 3.8) is 0 Å². The van der Waals surface area contributed by atoms with Crippen molar-refractivity contribution in [2.45, 2.75) is 6.10 Å². The maximum absolute atomic E-state index is 9.44. The average molecular weight is 161 g/mol. The third kappa shape index (κ3) is 2.26. The second-order valence-electron chi connectivity index (χ2n) is 2.42. The summed E-state index contributed by atoms with van der Waals surface area (Å²) in [6, 6.07) is 9.23. The van der Waals surface area contributed by atoms with Gasteiger partial charge in [0.1, 0.15) is 0 Å². The normalized spacial score (nSPS) is 11.7. The predicted octanol–water partition coefficient (Wildman–Crippen LogP) is 0.791. The van der Waals surface area contributed by atoms with Crippen LogP contribution in [0.4, 0.5) is 0 Å². The minimum atomic E-state index is -0.606. The molecule has 0 aromatic heterocycles. The van der Waals surface area contributed by atoms with E-state index in [-0.39, 0.29) is 6.54 Å². The van der Waals surface area contributed by atoms with Gasteiger partial charge in [0.25, 0.3) is 0 Å². The molecular formula is C9H10N2O. The van der Waals surface area contributed by atoms with Gasteiger partial charge < -0.3 is 10.4 Å². The molecule has 0 heterocycles. The number of nitriles is 1. The van der Waals surface area contributed by atoms with E-state index in [0.717, 1.165) is 5.56 Å². The number of hydrogen-bond donors (Lipinski definition) is 2. The van der Waals surface area contributed by atoms with E-state index in [1.807, 2.05) is 30.3 Å². The standard InChI is InChI=1S/C9H10N2O/c10-7-11-6-9(12)8-4-2-1-3-5-8/h1-5,9,11-12H,6H2/i7-1. The fourth-order valence-electron chi connectivity index (χ4n) is 0.935. The van der Waals surface area contributed by atoms with E-state index in [1.165, 1.54) is 0 Å². The summed E-state index contributed by atoms with van der Waals surface area (Å²) in [5.41, 5.74) is 0.820. The van der Waals surface area contributed by atoms with Crippen LogP contribution in [0.3, 0.4) is 0 Å². The van der Waals surface area contributed by atoms with Gasteiger partial charge >= 0.3 is 0 Å². The lowest BCUT2D eigenvalue weighted by Crippen LogP contribution is -2.15. The quantitative estimate of drug-likeness (QED) is 0.509. The molecule has 62 valence electrons. The van der Waals surface area contributed by atoms with Crippen molar-refractivity contribution in [3.8, 4) is 6.19 Å². The largest absolute Gasteiger partial charge is 0.387 e. The molecule has 1 unspecified atom stereocenters. The van der Waals surface area contributed by atoms with Gasteiger partial charge in [0.05, 0.1) is 12.6 Å². The van der Waals surface area contributed by atoms with Gasteiger partial charge in [-0.05, 0) is 5.56 Å². The Morgan fingerprint density at radius 3 is 2.67 bits per heavy atom. The van der Waals surface area contributed by atoms with Crippen molar-refractivity contribution < 1.29 is 5.11 Å². The molecule has 3 heteroatoms. The molecule has 0 fully saturated rings.